The standard InChI is InChI=1S/C20H19N5O2/c1-11-4-7-17(12(2)8-11)25-23-13(3)18(24-25)20(27)22-15-6-5-14-10-21-19(26)16(14)9-15/h4-9H,10H2,1-3H3,(H,21,26)(H,22,27). The van der Waals surface area contributed by atoms with Gasteiger partial charge in [-0.25, -0.2) is 0 Å². The Labute approximate surface area is 156 Å². The lowest BCUT2D eigenvalue weighted by molar-refractivity contribution is 0.0964. The van der Waals surface area contributed by atoms with E-state index < -0.39 is 0 Å². The van der Waals surface area contributed by atoms with Crippen molar-refractivity contribution in [2.75, 3.05) is 5.32 Å². The summed E-state index contributed by atoms with van der Waals surface area (Å²) in [5.41, 5.74) is 5.86. The Hall–Kier alpha value is -3.48. The van der Waals surface area contributed by atoms with Gasteiger partial charge in [0.25, 0.3) is 11.8 Å². The van der Waals surface area contributed by atoms with Crippen molar-refractivity contribution in [1.82, 2.24) is 20.3 Å². The summed E-state index contributed by atoms with van der Waals surface area (Å²) in [5, 5.41) is 14.3. The van der Waals surface area contributed by atoms with Crippen molar-refractivity contribution in [2.24, 2.45) is 0 Å². The van der Waals surface area contributed by atoms with E-state index in [9.17, 15) is 9.59 Å². The molecule has 136 valence electrons. The number of aryl methyl sites for hydroxylation is 3. The molecule has 4 rings (SSSR count). The molecule has 0 radical (unpaired) electrons. The molecule has 1 aliphatic heterocycles. The molecule has 1 aromatic heterocycles. The lowest BCUT2D eigenvalue weighted by Crippen LogP contribution is -2.15. The summed E-state index contributed by atoms with van der Waals surface area (Å²) in [7, 11) is 0. The summed E-state index contributed by atoms with van der Waals surface area (Å²) in [6.07, 6.45) is 0. The molecule has 1 aliphatic rings. The molecular formula is C20H19N5O2. The van der Waals surface area contributed by atoms with E-state index in [2.05, 4.69) is 20.8 Å². The minimum absolute atomic E-state index is 0.127. The van der Waals surface area contributed by atoms with E-state index in [0.29, 0.717) is 23.5 Å². The van der Waals surface area contributed by atoms with Crippen molar-refractivity contribution in [1.29, 1.82) is 0 Å². The Balaban J connectivity index is 1.61. The molecule has 0 saturated carbocycles. The summed E-state index contributed by atoms with van der Waals surface area (Å²) in [4.78, 5) is 25.9. The van der Waals surface area contributed by atoms with Gasteiger partial charge in [-0.1, -0.05) is 23.8 Å². The minimum Gasteiger partial charge on any atom is -0.348 e. The SMILES string of the molecule is Cc1ccc(-n2nc(C)c(C(=O)Nc3ccc4c(c3)C(=O)NC4)n2)c(C)c1. The average Bonchev–Trinajstić information content (AvgIpc) is 3.18. The Bertz CT molecular complexity index is 1080. The fraction of sp³-hybridized carbons (Fsp3) is 0.200. The molecule has 3 aromatic rings. The summed E-state index contributed by atoms with van der Waals surface area (Å²) >= 11 is 0. The maximum Gasteiger partial charge on any atom is 0.278 e. The average molecular weight is 361 g/mol. The van der Waals surface area contributed by atoms with Gasteiger partial charge in [-0.05, 0) is 50.1 Å². The van der Waals surface area contributed by atoms with Crippen molar-refractivity contribution in [3.05, 3.63) is 70.0 Å². The van der Waals surface area contributed by atoms with Crippen LogP contribution in [0.2, 0.25) is 0 Å². The van der Waals surface area contributed by atoms with Gasteiger partial charge in [0.1, 0.15) is 0 Å². The molecule has 0 aliphatic carbocycles. The van der Waals surface area contributed by atoms with Crippen molar-refractivity contribution < 1.29 is 9.59 Å². The number of hydrogen-bond donors (Lipinski definition) is 2. The number of benzene rings is 2. The molecule has 0 bridgehead atoms. The fourth-order valence-electron chi connectivity index (χ4n) is 3.21. The fourth-order valence-corrected chi connectivity index (χ4v) is 3.21. The minimum atomic E-state index is -0.359. The number of fused-ring (bicyclic) bond motifs is 1. The van der Waals surface area contributed by atoms with Crippen LogP contribution in [-0.4, -0.2) is 26.8 Å². The Morgan fingerprint density at radius 1 is 1.11 bits per heavy atom. The predicted octanol–water partition coefficient (Wildman–Crippen LogP) is 2.69. The summed E-state index contributed by atoms with van der Waals surface area (Å²) in [5.74, 6) is -0.486. The second kappa shape index (κ2) is 6.35. The van der Waals surface area contributed by atoms with E-state index in [4.69, 9.17) is 0 Å². The molecule has 0 saturated heterocycles. The van der Waals surface area contributed by atoms with E-state index >= 15 is 0 Å². The molecular weight excluding hydrogens is 342 g/mol. The first-order chi connectivity index (χ1) is 12.9. The molecule has 2 N–H and O–H groups in total. The third-order valence-corrected chi connectivity index (χ3v) is 4.62. The van der Waals surface area contributed by atoms with Crippen LogP contribution in [0.4, 0.5) is 5.69 Å². The van der Waals surface area contributed by atoms with Crippen LogP contribution in [0.1, 0.15) is 43.2 Å². The van der Waals surface area contributed by atoms with Crippen LogP contribution < -0.4 is 10.6 Å². The summed E-state index contributed by atoms with van der Waals surface area (Å²) < 4.78 is 0. The van der Waals surface area contributed by atoms with Crippen molar-refractivity contribution in [3.63, 3.8) is 0 Å². The van der Waals surface area contributed by atoms with E-state index in [-0.39, 0.29) is 17.5 Å². The second-order valence-corrected chi connectivity index (χ2v) is 6.72. The monoisotopic (exact) mass is 361 g/mol. The highest BCUT2D eigenvalue weighted by atomic mass is 16.2. The van der Waals surface area contributed by atoms with Crippen molar-refractivity contribution >= 4 is 17.5 Å². The lowest BCUT2D eigenvalue weighted by atomic mass is 10.1. The maximum atomic E-state index is 12.7. The first kappa shape index (κ1) is 17.0. The number of hydrogen-bond acceptors (Lipinski definition) is 4. The lowest BCUT2D eigenvalue weighted by Gasteiger charge is -2.06. The van der Waals surface area contributed by atoms with Gasteiger partial charge in [0.05, 0.1) is 11.4 Å². The first-order valence-electron chi connectivity index (χ1n) is 8.66. The molecule has 7 nitrogen and oxygen atoms in total. The summed E-state index contributed by atoms with van der Waals surface area (Å²) in [6.45, 7) is 6.27. The van der Waals surface area contributed by atoms with Gasteiger partial charge in [-0.3, -0.25) is 9.59 Å². The maximum absolute atomic E-state index is 12.7. The number of carbonyl (C=O) groups excluding carboxylic acids is 2. The molecule has 2 aromatic carbocycles. The van der Waals surface area contributed by atoms with E-state index in [1.54, 1.807) is 19.1 Å². The zero-order chi connectivity index (χ0) is 19.1. The van der Waals surface area contributed by atoms with Crippen LogP contribution in [0.5, 0.6) is 0 Å². The van der Waals surface area contributed by atoms with Gasteiger partial charge in [-0.15, -0.1) is 5.10 Å². The molecule has 0 unspecified atom stereocenters. The zero-order valence-corrected chi connectivity index (χ0v) is 15.3. The first-order valence-corrected chi connectivity index (χ1v) is 8.66. The van der Waals surface area contributed by atoms with Crippen molar-refractivity contribution in [3.8, 4) is 5.69 Å². The highest BCUT2D eigenvalue weighted by Crippen LogP contribution is 2.21. The number of nitrogens with one attached hydrogen (secondary N) is 2. The van der Waals surface area contributed by atoms with Gasteiger partial charge in [0, 0.05) is 17.8 Å². The Morgan fingerprint density at radius 2 is 1.93 bits per heavy atom. The smallest absolute Gasteiger partial charge is 0.278 e. The molecule has 7 heteroatoms. The highest BCUT2D eigenvalue weighted by molar-refractivity contribution is 6.05. The van der Waals surface area contributed by atoms with Gasteiger partial charge in [0.2, 0.25) is 0 Å². The Morgan fingerprint density at radius 3 is 2.70 bits per heavy atom. The number of aromatic nitrogens is 3. The number of carbonyl (C=O) groups is 2. The van der Waals surface area contributed by atoms with Crippen LogP contribution in [0.15, 0.2) is 36.4 Å². The van der Waals surface area contributed by atoms with Crippen LogP contribution in [0, 0.1) is 20.8 Å². The van der Waals surface area contributed by atoms with E-state index in [1.165, 1.54) is 4.80 Å². The third-order valence-electron chi connectivity index (χ3n) is 4.62. The molecule has 0 fully saturated rings. The van der Waals surface area contributed by atoms with Crippen LogP contribution in [0.25, 0.3) is 5.69 Å². The third kappa shape index (κ3) is 3.08. The predicted molar refractivity (Wildman–Crippen MR) is 101 cm³/mol. The number of nitrogens with zero attached hydrogens (tertiary/aromatic N) is 3. The normalized spacial score (nSPS) is 12.6. The number of anilines is 1. The van der Waals surface area contributed by atoms with Crippen LogP contribution in [-0.2, 0) is 6.54 Å². The van der Waals surface area contributed by atoms with E-state index in [0.717, 1.165) is 22.4 Å². The van der Waals surface area contributed by atoms with Gasteiger partial charge >= 0.3 is 0 Å². The molecule has 2 amide bonds. The van der Waals surface area contributed by atoms with Gasteiger partial charge < -0.3 is 10.6 Å². The highest BCUT2D eigenvalue weighted by Gasteiger charge is 2.21. The molecule has 0 atom stereocenters. The topological polar surface area (TPSA) is 88.9 Å². The summed E-state index contributed by atoms with van der Waals surface area (Å²) in [6, 6.07) is 11.3. The second-order valence-electron chi connectivity index (χ2n) is 6.72. The van der Waals surface area contributed by atoms with E-state index in [1.807, 2.05) is 38.1 Å². The number of rotatable bonds is 3. The molecule has 0 spiro atoms. The van der Waals surface area contributed by atoms with Crippen molar-refractivity contribution in [2.45, 2.75) is 27.3 Å². The Kier molecular flexibility index (Phi) is 3.99. The quantitative estimate of drug-likeness (QED) is 0.751. The zero-order valence-electron chi connectivity index (χ0n) is 15.3. The van der Waals surface area contributed by atoms with Crippen LogP contribution in [0.3, 0.4) is 0 Å². The molecule has 27 heavy (non-hydrogen) atoms. The number of amides is 2. The van der Waals surface area contributed by atoms with Gasteiger partial charge in [0.15, 0.2) is 5.69 Å². The largest absolute Gasteiger partial charge is 0.348 e. The molecule has 2 heterocycles. The van der Waals surface area contributed by atoms with Gasteiger partial charge in [-0.2, -0.15) is 9.90 Å². The van der Waals surface area contributed by atoms with Crippen LogP contribution >= 0.6 is 0 Å².